The summed E-state index contributed by atoms with van der Waals surface area (Å²) in [5.74, 6) is 2.35. The molecule has 1 aromatic carbocycles. The molecular formula is C18H22N6O. The van der Waals surface area contributed by atoms with Gasteiger partial charge in [0.15, 0.2) is 5.82 Å². The van der Waals surface area contributed by atoms with Gasteiger partial charge in [-0.15, -0.1) is 0 Å². The van der Waals surface area contributed by atoms with Gasteiger partial charge in [0.2, 0.25) is 0 Å². The van der Waals surface area contributed by atoms with Crippen LogP contribution in [0.1, 0.15) is 20.3 Å². The maximum atomic E-state index is 5.74. The summed E-state index contributed by atoms with van der Waals surface area (Å²) in [7, 11) is 0. The summed E-state index contributed by atoms with van der Waals surface area (Å²) in [4.78, 5) is 13.5. The van der Waals surface area contributed by atoms with Crippen molar-refractivity contribution in [3.05, 3.63) is 36.9 Å². The number of imidazole rings is 1. The summed E-state index contributed by atoms with van der Waals surface area (Å²) in [6, 6.07) is 6.31. The highest BCUT2D eigenvalue weighted by atomic mass is 16.5. The summed E-state index contributed by atoms with van der Waals surface area (Å²) >= 11 is 0. The van der Waals surface area contributed by atoms with Crippen LogP contribution in [0.5, 0.6) is 5.75 Å². The molecule has 1 atom stereocenters. The van der Waals surface area contributed by atoms with E-state index in [-0.39, 0.29) is 6.10 Å². The van der Waals surface area contributed by atoms with Gasteiger partial charge in [-0.25, -0.2) is 9.97 Å². The number of rotatable bonds is 5. The van der Waals surface area contributed by atoms with Gasteiger partial charge in [-0.3, -0.25) is 9.55 Å². The third-order valence-corrected chi connectivity index (χ3v) is 4.17. The summed E-state index contributed by atoms with van der Waals surface area (Å²) in [5, 5.41) is 6.77. The Kier molecular flexibility index (Phi) is 4.23. The first-order valence-electron chi connectivity index (χ1n) is 8.62. The molecule has 1 saturated heterocycles. The summed E-state index contributed by atoms with van der Waals surface area (Å²) in [6.07, 6.45) is 6.51. The van der Waals surface area contributed by atoms with E-state index in [0.29, 0.717) is 6.04 Å². The zero-order chi connectivity index (χ0) is 17.2. The molecule has 0 aliphatic carbocycles. The number of hydrogen-bond acceptors (Lipinski definition) is 6. The second kappa shape index (κ2) is 6.68. The van der Waals surface area contributed by atoms with Crippen LogP contribution in [0.4, 0.5) is 5.82 Å². The molecule has 2 N–H and O–H groups in total. The van der Waals surface area contributed by atoms with E-state index < -0.39 is 0 Å². The Balaban J connectivity index is 1.62. The molecule has 7 nitrogen and oxygen atoms in total. The van der Waals surface area contributed by atoms with Gasteiger partial charge >= 0.3 is 0 Å². The molecule has 4 rings (SSSR count). The van der Waals surface area contributed by atoms with Crippen molar-refractivity contribution in [1.82, 2.24) is 24.8 Å². The second-order valence-electron chi connectivity index (χ2n) is 6.53. The normalized spacial score (nSPS) is 17.3. The van der Waals surface area contributed by atoms with E-state index in [1.165, 1.54) is 0 Å². The zero-order valence-electron chi connectivity index (χ0n) is 14.4. The fourth-order valence-electron chi connectivity index (χ4n) is 3.05. The molecule has 0 amide bonds. The topological polar surface area (TPSA) is 76.9 Å². The molecule has 2 aromatic heterocycles. The Morgan fingerprint density at radius 3 is 3.04 bits per heavy atom. The standard InChI is InChI=1S/C18H22N6O/c1-12(2)25-14-3-4-16-15(7-14)21-11-24(16)18-10-20-9-17(23-18)22-13-5-6-19-8-13/h3-4,7,9-13,19H,5-6,8H2,1-2H3,(H,22,23). The van der Waals surface area contributed by atoms with Gasteiger partial charge in [-0.1, -0.05) is 0 Å². The number of nitrogens with one attached hydrogen (secondary N) is 2. The van der Waals surface area contributed by atoms with E-state index in [1.807, 2.05) is 36.6 Å². The minimum atomic E-state index is 0.137. The van der Waals surface area contributed by atoms with E-state index >= 15 is 0 Å². The molecule has 3 aromatic rings. The largest absolute Gasteiger partial charge is 0.491 e. The van der Waals surface area contributed by atoms with Crippen LogP contribution in [0, 0.1) is 0 Å². The molecule has 0 saturated carbocycles. The molecule has 3 heterocycles. The van der Waals surface area contributed by atoms with Crippen LogP contribution in [0.2, 0.25) is 0 Å². The van der Waals surface area contributed by atoms with Gasteiger partial charge in [0, 0.05) is 18.7 Å². The number of fused-ring (bicyclic) bond motifs is 1. The minimum Gasteiger partial charge on any atom is -0.491 e. The summed E-state index contributed by atoms with van der Waals surface area (Å²) in [6.45, 7) is 6.02. The molecule has 1 unspecified atom stereocenters. The molecular weight excluding hydrogens is 316 g/mol. The number of aromatic nitrogens is 4. The fraction of sp³-hybridized carbons (Fsp3) is 0.389. The van der Waals surface area contributed by atoms with Crippen LogP contribution in [0.15, 0.2) is 36.9 Å². The van der Waals surface area contributed by atoms with Gasteiger partial charge in [0.1, 0.15) is 17.9 Å². The molecule has 7 heteroatoms. The van der Waals surface area contributed by atoms with Gasteiger partial charge in [-0.2, -0.15) is 0 Å². The maximum absolute atomic E-state index is 5.74. The van der Waals surface area contributed by atoms with Crippen LogP contribution < -0.4 is 15.4 Å². The van der Waals surface area contributed by atoms with Crippen molar-refractivity contribution in [3.63, 3.8) is 0 Å². The average Bonchev–Trinajstić information content (AvgIpc) is 3.23. The molecule has 0 bridgehead atoms. The Morgan fingerprint density at radius 2 is 2.24 bits per heavy atom. The SMILES string of the molecule is CC(C)Oc1ccc2c(c1)ncn2-c1cncc(NC2CCNC2)n1. The van der Waals surface area contributed by atoms with Crippen LogP contribution in [-0.4, -0.2) is 44.8 Å². The highest BCUT2D eigenvalue weighted by molar-refractivity contribution is 5.78. The average molecular weight is 338 g/mol. The quantitative estimate of drug-likeness (QED) is 0.744. The van der Waals surface area contributed by atoms with E-state index in [4.69, 9.17) is 4.74 Å². The molecule has 1 fully saturated rings. The lowest BCUT2D eigenvalue weighted by atomic mass is 10.2. The highest BCUT2D eigenvalue weighted by Gasteiger charge is 2.15. The zero-order valence-corrected chi connectivity index (χ0v) is 14.4. The Morgan fingerprint density at radius 1 is 1.32 bits per heavy atom. The van der Waals surface area contributed by atoms with E-state index in [9.17, 15) is 0 Å². The first-order chi connectivity index (χ1) is 12.2. The third kappa shape index (κ3) is 3.41. The van der Waals surface area contributed by atoms with Gasteiger partial charge in [0.25, 0.3) is 0 Å². The van der Waals surface area contributed by atoms with Gasteiger partial charge in [-0.05, 0) is 38.9 Å². The molecule has 0 spiro atoms. The fourth-order valence-corrected chi connectivity index (χ4v) is 3.05. The first-order valence-corrected chi connectivity index (χ1v) is 8.62. The lowest BCUT2D eigenvalue weighted by Gasteiger charge is -2.13. The Labute approximate surface area is 146 Å². The number of benzene rings is 1. The molecule has 0 radical (unpaired) electrons. The third-order valence-electron chi connectivity index (χ3n) is 4.17. The summed E-state index contributed by atoms with van der Waals surface area (Å²) in [5.41, 5.74) is 1.85. The smallest absolute Gasteiger partial charge is 0.159 e. The first kappa shape index (κ1) is 15.8. The van der Waals surface area contributed by atoms with E-state index in [1.54, 1.807) is 18.7 Å². The predicted molar refractivity (Wildman–Crippen MR) is 97.3 cm³/mol. The summed E-state index contributed by atoms with van der Waals surface area (Å²) < 4.78 is 7.68. The van der Waals surface area contributed by atoms with Gasteiger partial charge in [0.05, 0.1) is 29.5 Å². The monoisotopic (exact) mass is 338 g/mol. The van der Waals surface area contributed by atoms with Crippen molar-refractivity contribution in [1.29, 1.82) is 0 Å². The van der Waals surface area contributed by atoms with Crippen molar-refractivity contribution in [3.8, 4) is 11.6 Å². The van der Waals surface area contributed by atoms with Crippen LogP contribution in [0.3, 0.4) is 0 Å². The Bertz CT molecular complexity index is 869. The molecule has 1 aliphatic rings. The lowest BCUT2D eigenvalue weighted by molar-refractivity contribution is 0.242. The molecule has 25 heavy (non-hydrogen) atoms. The highest BCUT2D eigenvalue weighted by Crippen LogP contribution is 2.23. The minimum absolute atomic E-state index is 0.137. The number of nitrogens with zero attached hydrogens (tertiary/aromatic N) is 4. The van der Waals surface area contributed by atoms with Gasteiger partial charge < -0.3 is 15.4 Å². The molecule has 1 aliphatic heterocycles. The number of hydrogen-bond donors (Lipinski definition) is 2. The lowest BCUT2D eigenvalue weighted by Crippen LogP contribution is -2.23. The van der Waals surface area contributed by atoms with E-state index in [2.05, 4.69) is 25.6 Å². The van der Waals surface area contributed by atoms with Crippen LogP contribution in [-0.2, 0) is 0 Å². The maximum Gasteiger partial charge on any atom is 0.159 e. The second-order valence-corrected chi connectivity index (χ2v) is 6.53. The molecule has 130 valence electrons. The Hall–Kier alpha value is -2.67. The van der Waals surface area contributed by atoms with Crippen LogP contribution >= 0.6 is 0 Å². The van der Waals surface area contributed by atoms with E-state index in [0.717, 1.165) is 47.9 Å². The number of anilines is 1. The van der Waals surface area contributed by atoms with Crippen molar-refractivity contribution < 1.29 is 4.74 Å². The van der Waals surface area contributed by atoms with Crippen molar-refractivity contribution in [2.45, 2.75) is 32.4 Å². The predicted octanol–water partition coefficient (Wildman–Crippen LogP) is 2.38. The number of ether oxygens (including phenoxy) is 1. The van der Waals surface area contributed by atoms with Crippen molar-refractivity contribution in [2.75, 3.05) is 18.4 Å². The van der Waals surface area contributed by atoms with Crippen molar-refractivity contribution >= 4 is 16.9 Å². The van der Waals surface area contributed by atoms with Crippen molar-refractivity contribution in [2.24, 2.45) is 0 Å². The van der Waals surface area contributed by atoms with Crippen LogP contribution in [0.25, 0.3) is 16.9 Å².